The van der Waals surface area contributed by atoms with Crippen molar-refractivity contribution in [3.63, 3.8) is 0 Å². The number of methoxy groups -OCH3 is 1. The van der Waals surface area contributed by atoms with E-state index < -0.39 is 0 Å². The van der Waals surface area contributed by atoms with E-state index in [9.17, 15) is 0 Å². The van der Waals surface area contributed by atoms with Crippen LogP contribution in [-0.2, 0) is 13.5 Å². The van der Waals surface area contributed by atoms with Crippen molar-refractivity contribution in [3.05, 3.63) is 24.0 Å². The van der Waals surface area contributed by atoms with Crippen LogP contribution in [0.4, 0.5) is 0 Å². The van der Waals surface area contributed by atoms with Crippen LogP contribution in [0.15, 0.2) is 18.2 Å². The largest absolute Gasteiger partial charge is 0.494 e. The number of hydrogen-bond donors (Lipinski definition) is 0. The number of aromatic nitrogens is 2. The molecule has 0 fully saturated rings. The lowest BCUT2D eigenvalue weighted by atomic mass is 10.3. The Hall–Kier alpha value is -1.51. The molecular weight excluding hydrogens is 188 g/mol. The van der Waals surface area contributed by atoms with Crippen molar-refractivity contribution in [2.24, 2.45) is 7.05 Å². The Bertz CT molecular complexity index is 474. The number of nitrogens with zero attached hydrogens (tertiary/aromatic N) is 2. The first-order valence-corrected chi connectivity index (χ1v) is 5.26. The van der Waals surface area contributed by atoms with Crippen molar-refractivity contribution in [2.75, 3.05) is 7.11 Å². The zero-order valence-corrected chi connectivity index (χ0v) is 9.45. The Morgan fingerprint density at radius 3 is 2.87 bits per heavy atom. The number of para-hydroxylation sites is 1. The fourth-order valence-electron chi connectivity index (χ4n) is 1.85. The van der Waals surface area contributed by atoms with E-state index in [4.69, 9.17) is 4.74 Å². The van der Waals surface area contributed by atoms with Gasteiger partial charge < -0.3 is 9.30 Å². The van der Waals surface area contributed by atoms with Crippen molar-refractivity contribution >= 4 is 11.0 Å². The summed E-state index contributed by atoms with van der Waals surface area (Å²) in [4.78, 5) is 4.61. The van der Waals surface area contributed by atoms with Gasteiger partial charge in [0.1, 0.15) is 17.1 Å². The summed E-state index contributed by atoms with van der Waals surface area (Å²) < 4.78 is 7.44. The number of imidazole rings is 1. The molecule has 0 amide bonds. The Labute approximate surface area is 89.7 Å². The first-order chi connectivity index (χ1) is 7.27. The van der Waals surface area contributed by atoms with E-state index in [2.05, 4.69) is 29.6 Å². The predicted octanol–water partition coefficient (Wildman–Crippen LogP) is 2.53. The number of ether oxygens (including phenoxy) is 1. The highest BCUT2D eigenvalue weighted by atomic mass is 16.5. The lowest BCUT2D eigenvalue weighted by molar-refractivity contribution is 0.419. The van der Waals surface area contributed by atoms with Crippen LogP contribution in [0, 0.1) is 0 Å². The highest BCUT2D eigenvalue weighted by Gasteiger charge is 2.10. The lowest BCUT2D eigenvalue weighted by Crippen LogP contribution is -1.96. The minimum Gasteiger partial charge on any atom is -0.494 e. The predicted molar refractivity (Wildman–Crippen MR) is 61.3 cm³/mol. The molecule has 0 N–H and O–H groups in total. The summed E-state index contributed by atoms with van der Waals surface area (Å²) >= 11 is 0. The van der Waals surface area contributed by atoms with Crippen LogP contribution in [0.3, 0.4) is 0 Å². The molecule has 1 aromatic carbocycles. The number of hydrogen-bond acceptors (Lipinski definition) is 2. The summed E-state index contributed by atoms with van der Waals surface area (Å²) in [6, 6.07) is 6.02. The topological polar surface area (TPSA) is 27.1 Å². The number of fused-ring (bicyclic) bond motifs is 1. The van der Waals surface area contributed by atoms with Gasteiger partial charge in [0.2, 0.25) is 0 Å². The zero-order valence-electron chi connectivity index (χ0n) is 9.45. The van der Waals surface area contributed by atoms with Crippen molar-refractivity contribution < 1.29 is 4.74 Å². The highest BCUT2D eigenvalue weighted by Crippen LogP contribution is 2.25. The van der Waals surface area contributed by atoms with Gasteiger partial charge in [0.05, 0.1) is 12.6 Å². The molecule has 0 aliphatic heterocycles. The van der Waals surface area contributed by atoms with Gasteiger partial charge in [-0.1, -0.05) is 13.0 Å². The van der Waals surface area contributed by atoms with E-state index in [0.29, 0.717) is 0 Å². The summed E-state index contributed by atoms with van der Waals surface area (Å²) in [5.41, 5.74) is 2.10. The number of rotatable bonds is 3. The molecule has 80 valence electrons. The van der Waals surface area contributed by atoms with Crippen LogP contribution in [0.25, 0.3) is 11.0 Å². The van der Waals surface area contributed by atoms with Crippen LogP contribution >= 0.6 is 0 Å². The van der Waals surface area contributed by atoms with Gasteiger partial charge in [-0.3, -0.25) is 0 Å². The summed E-state index contributed by atoms with van der Waals surface area (Å²) in [5.74, 6) is 1.97. The van der Waals surface area contributed by atoms with Crippen molar-refractivity contribution in [3.8, 4) is 5.75 Å². The molecule has 0 radical (unpaired) electrons. The zero-order chi connectivity index (χ0) is 10.8. The molecule has 1 aromatic heterocycles. The quantitative estimate of drug-likeness (QED) is 0.768. The smallest absolute Gasteiger partial charge is 0.146 e. The fourth-order valence-corrected chi connectivity index (χ4v) is 1.85. The normalized spacial score (nSPS) is 10.9. The van der Waals surface area contributed by atoms with Gasteiger partial charge >= 0.3 is 0 Å². The third-order valence-electron chi connectivity index (χ3n) is 2.66. The average molecular weight is 204 g/mol. The third-order valence-corrected chi connectivity index (χ3v) is 2.66. The maximum Gasteiger partial charge on any atom is 0.146 e. The summed E-state index contributed by atoms with van der Waals surface area (Å²) in [6.45, 7) is 2.16. The second-order valence-electron chi connectivity index (χ2n) is 3.67. The second-order valence-corrected chi connectivity index (χ2v) is 3.67. The number of benzene rings is 1. The maximum atomic E-state index is 5.30. The van der Waals surface area contributed by atoms with Crippen molar-refractivity contribution in [1.29, 1.82) is 0 Å². The average Bonchev–Trinajstić information content (AvgIpc) is 2.57. The van der Waals surface area contributed by atoms with Crippen LogP contribution in [0.2, 0.25) is 0 Å². The van der Waals surface area contributed by atoms with Crippen molar-refractivity contribution in [2.45, 2.75) is 19.8 Å². The Kier molecular flexibility index (Phi) is 2.62. The van der Waals surface area contributed by atoms with Gasteiger partial charge in [-0.05, 0) is 18.6 Å². The fraction of sp³-hybridized carbons (Fsp3) is 0.417. The molecule has 2 rings (SSSR count). The molecule has 0 atom stereocenters. The molecule has 15 heavy (non-hydrogen) atoms. The first kappa shape index (κ1) is 10.0. The summed E-state index contributed by atoms with van der Waals surface area (Å²) in [7, 11) is 3.74. The Morgan fingerprint density at radius 1 is 1.40 bits per heavy atom. The van der Waals surface area contributed by atoms with Crippen LogP contribution in [-0.4, -0.2) is 16.7 Å². The lowest BCUT2D eigenvalue weighted by Gasteiger charge is -2.00. The first-order valence-electron chi connectivity index (χ1n) is 5.26. The van der Waals surface area contributed by atoms with Crippen LogP contribution < -0.4 is 4.74 Å². The van der Waals surface area contributed by atoms with E-state index in [1.54, 1.807) is 7.11 Å². The van der Waals surface area contributed by atoms with Gasteiger partial charge in [-0.25, -0.2) is 4.98 Å². The maximum absolute atomic E-state index is 5.30. The third kappa shape index (κ3) is 1.58. The van der Waals surface area contributed by atoms with E-state index in [0.717, 1.165) is 35.4 Å². The molecular formula is C12H16N2O. The monoisotopic (exact) mass is 204 g/mol. The Morgan fingerprint density at radius 2 is 2.20 bits per heavy atom. The van der Waals surface area contributed by atoms with Gasteiger partial charge in [0, 0.05) is 13.5 Å². The van der Waals surface area contributed by atoms with E-state index in [-0.39, 0.29) is 0 Å². The van der Waals surface area contributed by atoms with Gasteiger partial charge in [0.15, 0.2) is 0 Å². The molecule has 0 bridgehead atoms. The molecule has 3 heteroatoms. The molecule has 1 heterocycles. The SMILES string of the molecule is CCCc1nc2c(OC)cccc2n1C. The summed E-state index contributed by atoms with van der Waals surface area (Å²) in [5, 5.41) is 0. The molecule has 2 aromatic rings. The second kappa shape index (κ2) is 3.93. The van der Waals surface area contributed by atoms with E-state index >= 15 is 0 Å². The minimum atomic E-state index is 0.852. The van der Waals surface area contributed by atoms with Gasteiger partial charge in [-0.2, -0.15) is 0 Å². The standard InChI is InChI=1S/C12H16N2O/c1-4-6-11-13-12-9(14(11)2)7-5-8-10(12)15-3/h5,7-8H,4,6H2,1-3H3. The van der Waals surface area contributed by atoms with Crippen LogP contribution in [0.1, 0.15) is 19.2 Å². The Balaban J connectivity index is 2.64. The summed E-state index contributed by atoms with van der Waals surface area (Å²) in [6.07, 6.45) is 2.12. The number of aryl methyl sites for hydroxylation is 2. The molecule has 0 saturated carbocycles. The minimum absolute atomic E-state index is 0.852. The van der Waals surface area contributed by atoms with Gasteiger partial charge in [0.25, 0.3) is 0 Å². The molecule has 0 aliphatic carbocycles. The molecule has 0 aliphatic rings. The van der Waals surface area contributed by atoms with Crippen molar-refractivity contribution in [1.82, 2.24) is 9.55 Å². The van der Waals surface area contributed by atoms with E-state index in [1.807, 2.05) is 12.1 Å². The van der Waals surface area contributed by atoms with E-state index in [1.165, 1.54) is 0 Å². The molecule has 3 nitrogen and oxygen atoms in total. The molecule has 0 saturated heterocycles. The highest BCUT2D eigenvalue weighted by molar-refractivity contribution is 5.82. The van der Waals surface area contributed by atoms with Crippen LogP contribution in [0.5, 0.6) is 5.75 Å². The van der Waals surface area contributed by atoms with Gasteiger partial charge in [-0.15, -0.1) is 0 Å². The molecule has 0 unspecified atom stereocenters. The molecule has 0 spiro atoms.